The van der Waals surface area contributed by atoms with Crippen LogP contribution in [-0.2, 0) is 14.8 Å². The number of aromatic nitrogens is 2. The molecule has 3 rings (SSSR count). The average Bonchev–Trinajstić information content (AvgIpc) is 2.69. The van der Waals surface area contributed by atoms with Crippen LogP contribution < -0.4 is 9.62 Å². The van der Waals surface area contributed by atoms with E-state index in [1.807, 2.05) is 32.9 Å². The fourth-order valence-electron chi connectivity index (χ4n) is 3.57. The van der Waals surface area contributed by atoms with Gasteiger partial charge in [-0.15, -0.1) is 0 Å². The number of rotatable bonds is 6. The van der Waals surface area contributed by atoms with Gasteiger partial charge in [-0.2, -0.15) is 0 Å². The Kier molecular flexibility index (Phi) is 6.72. The minimum atomic E-state index is -3.64. The van der Waals surface area contributed by atoms with E-state index in [0.717, 1.165) is 22.9 Å². The lowest BCUT2D eigenvalue weighted by Crippen LogP contribution is -2.49. The average molecular weight is 432 g/mol. The van der Waals surface area contributed by atoms with Crippen LogP contribution in [-0.4, -0.2) is 61.9 Å². The molecule has 0 saturated carbocycles. The second kappa shape index (κ2) is 9.09. The maximum Gasteiger partial charge on any atom is 0.240 e. The topological polar surface area (TPSA) is 95.5 Å². The molecule has 8 nitrogen and oxygen atoms in total. The molecule has 1 aliphatic heterocycles. The summed E-state index contributed by atoms with van der Waals surface area (Å²) in [6.45, 7) is 10.1. The molecule has 2 heterocycles. The molecule has 2 aromatic rings. The van der Waals surface area contributed by atoms with Gasteiger partial charge in [0.15, 0.2) is 0 Å². The second-order valence-corrected chi connectivity index (χ2v) is 9.43. The van der Waals surface area contributed by atoms with Crippen molar-refractivity contribution in [3.63, 3.8) is 0 Å². The van der Waals surface area contributed by atoms with Crippen LogP contribution in [0.15, 0.2) is 29.2 Å². The van der Waals surface area contributed by atoms with Crippen molar-refractivity contribution in [2.45, 2.75) is 39.0 Å². The third kappa shape index (κ3) is 5.34. The summed E-state index contributed by atoms with van der Waals surface area (Å²) in [7, 11) is -3.64. The maximum atomic E-state index is 12.6. The number of hydrogen-bond donors (Lipinski definition) is 1. The van der Waals surface area contributed by atoms with E-state index < -0.39 is 10.0 Å². The largest absolute Gasteiger partial charge is 0.353 e. The lowest BCUT2D eigenvalue weighted by Gasteiger charge is -2.35. The number of benzene rings is 1. The van der Waals surface area contributed by atoms with E-state index >= 15 is 0 Å². The van der Waals surface area contributed by atoms with Crippen molar-refractivity contribution in [3.8, 4) is 0 Å². The molecule has 1 aromatic heterocycles. The summed E-state index contributed by atoms with van der Waals surface area (Å²) >= 11 is 0. The van der Waals surface area contributed by atoms with E-state index in [9.17, 15) is 13.2 Å². The Balaban J connectivity index is 1.51. The summed E-state index contributed by atoms with van der Waals surface area (Å²) in [5, 5.41) is 0. The first-order valence-corrected chi connectivity index (χ1v) is 11.6. The molecule has 1 aromatic carbocycles. The van der Waals surface area contributed by atoms with Crippen molar-refractivity contribution in [2.24, 2.45) is 0 Å². The summed E-state index contributed by atoms with van der Waals surface area (Å²) in [5.41, 5.74) is 2.49. The summed E-state index contributed by atoms with van der Waals surface area (Å²) in [4.78, 5) is 25.5. The molecule has 0 atom stereocenters. The highest BCUT2D eigenvalue weighted by Gasteiger charge is 2.23. The molecule has 0 unspecified atom stereocenters. The molecule has 1 aliphatic rings. The lowest BCUT2D eigenvalue weighted by molar-refractivity contribution is -0.131. The molecule has 1 saturated heterocycles. The highest BCUT2D eigenvalue weighted by atomic mass is 32.2. The Morgan fingerprint density at radius 1 is 1.03 bits per heavy atom. The Morgan fingerprint density at radius 3 is 2.40 bits per heavy atom. The van der Waals surface area contributed by atoms with Crippen molar-refractivity contribution in [3.05, 3.63) is 46.9 Å². The molecule has 9 heteroatoms. The molecular weight excluding hydrogens is 402 g/mol. The number of sulfonamides is 1. The van der Waals surface area contributed by atoms with Crippen molar-refractivity contribution in [2.75, 3.05) is 37.6 Å². The summed E-state index contributed by atoms with van der Waals surface area (Å²) in [6, 6.07) is 7.26. The van der Waals surface area contributed by atoms with E-state index in [0.29, 0.717) is 31.7 Å². The molecule has 30 heavy (non-hydrogen) atoms. The number of aryl methyl sites for hydroxylation is 4. The maximum absolute atomic E-state index is 12.6. The van der Waals surface area contributed by atoms with Crippen LogP contribution in [0.25, 0.3) is 0 Å². The summed E-state index contributed by atoms with van der Waals surface area (Å²) < 4.78 is 27.7. The van der Waals surface area contributed by atoms with E-state index in [1.54, 1.807) is 24.0 Å². The highest BCUT2D eigenvalue weighted by Crippen LogP contribution is 2.17. The van der Waals surface area contributed by atoms with Crippen molar-refractivity contribution >= 4 is 21.7 Å². The van der Waals surface area contributed by atoms with Gasteiger partial charge in [0.05, 0.1) is 4.90 Å². The van der Waals surface area contributed by atoms with Gasteiger partial charge in [-0.25, -0.2) is 23.1 Å². The Bertz CT molecular complexity index is 1010. The standard InChI is InChI=1S/C21H29N5O3S/c1-15-5-6-16(2)19(13-15)30(28,29)22-8-7-21(27)26-11-9-25(10-12-26)20-14-17(3)23-18(4)24-20/h5-6,13-14,22H,7-12H2,1-4H3. The minimum absolute atomic E-state index is 0.0478. The molecule has 0 spiro atoms. The van der Waals surface area contributed by atoms with E-state index in [4.69, 9.17) is 0 Å². The predicted octanol–water partition coefficient (Wildman–Crippen LogP) is 1.73. The number of nitrogens with zero attached hydrogens (tertiary/aromatic N) is 4. The zero-order chi connectivity index (χ0) is 21.9. The molecule has 0 bridgehead atoms. The number of piperazine rings is 1. The number of amides is 1. The minimum Gasteiger partial charge on any atom is -0.353 e. The van der Waals surface area contributed by atoms with Crippen LogP contribution in [0, 0.1) is 27.7 Å². The van der Waals surface area contributed by atoms with Crippen LogP contribution in [0.1, 0.15) is 29.1 Å². The van der Waals surface area contributed by atoms with Crippen LogP contribution in [0.4, 0.5) is 5.82 Å². The first-order chi connectivity index (χ1) is 14.2. The molecule has 1 fully saturated rings. The van der Waals surface area contributed by atoms with Gasteiger partial charge in [0.1, 0.15) is 11.6 Å². The number of carbonyl (C=O) groups is 1. The number of anilines is 1. The smallest absolute Gasteiger partial charge is 0.240 e. The molecule has 162 valence electrons. The molecule has 1 amide bonds. The third-order valence-electron chi connectivity index (χ3n) is 5.17. The van der Waals surface area contributed by atoms with Crippen LogP contribution in [0.2, 0.25) is 0 Å². The van der Waals surface area contributed by atoms with Gasteiger partial charge in [0.2, 0.25) is 15.9 Å². The first kappa shape index (κ1) is 22.2. The fourth-order valence-corrected chi connectivity index (χ4v) is 4.93. The summed E-state index contributed by atoms with van der Waals surface area (Å²) in [5.74, 6) is 1.57. The Hall–Kier alpha value is -2.52. The second-order valence-electron chi connectivity index (χ2n) is 7.70. The van der Waals surface area contributed by atoms with E-state index in [-0.39, 0.29) is 23.8 Å². The van der Waals surface area contributed by atoms with Crippen molar-refractivity contribution in [1.82, 2.24) is 19.6 Å². The molecule has 1 N–H and O–H groups in total. The lowest BCUT2D eigenvalue weighted by atomic mass is 10.2. The number of hydrogen-bond acceptors (Lipinski definition) is 6. The van der Waals surface area contributed by atoms with E-state index in [1.165, 1.54) is 0 Å². The van der Waals surface area contributed by atoms with Gasteiger partial charge in [0, 0.05) is 50.9 Å². The number of nitrogens with one attached hydrogen (secondary N) is 1. The summed E-state index contributed by atoms with van der Waals surface area (Å²) in [6.07, 6.45) is 0.135. The zero-order valence-corrected chi connectivity index (χ0v) is 18.8. The number of carbonyl (C=O) groups excluding carboxylic acids is 1. The zero-order valence-electron chi connectivity index (χ0n) is 18.0. The van der Waals surface area contributed by atoms with Gasteiger partial charge >= 0.3 is 0 Å². The highest BCUT2D eigenvalue weighted by molar-refractivity contribution is 7.89. The van der Waals surface area contributed by atoms with Gasteiger partial charge in [-0.1, -0.05) is 12.1 Å². The van der Waals surface area contributed by atoms with Gasteiger partial charge in [-0.3, -0.25) is 4.79 Å². The SMILES string of the molecule is Cc1ccc(C)c(S(=O)(=O)NCCC(=O)N2CCN(c3cc(C)nc(C)n3)CC2)c1. The van der Waals surface area contributed by atoms with Crippen LogP contribution >= 0.6 is 0 Å². The van der Waals surface area contributed by atoms with Gasteiger partial charge < -0.3 is 9.80 Å². The van der Waals surface area contributed by atoms with E-state index in [2.05, 4.69) is 19.6 Å². The van der Waals surface area contributed by atoms with Crippen LogP contribution in [0.5, 0.6) is 0 Å². The predicted molar refractivity (Wildman–Crippen MR) is 116 cm³/mol. The molecular formula is C21H29N5O3S. The third-order valence-corrected chi connectivity index (χ3v) is 6.78. The van der Waals surface area contributed by atoms with Crippen molar-refractivity contribution < 1.29 is 13.2 Å². The Morgan fingerprint density at radius 2 is 1.73 bits per heavy atom. The van der Waals surface area contributed by atoms with Crippen molar-refractivity contribution in [1.29, 1.82) is 0 Å². The Labute approximate surface area is 178 Å². The van der Waals surface area contributed by atoms with Crippen LogP contribution in [0.3, 0.4) is 0 Å². The first-order valence-electron chi connectivity index (χ1n) is 10.1. The van der Waals surface area contributed by atoms with Gasteiger partial charge in [-0.05, 0) is 44.9 Å². The molecule has 0 radical (unpaired) electrons. The quantitative estimate of drug-likeness (QED) is 0.748. The normalized spacial score (nSPS) is 14.8. The monoisotopic (exact) mass is 431 g/mol. The molecule has 0 aliphatic carbocycles. The van der Waals surface area contributed by atoms with Gasteiger partial charge in [0.25, 0.3) is 0 Å². The fraction of sp³-hybridized carbons (Fsp3) is 0.476.